The molecule has 0 aromatic heterocycles. The van der Waals surface area contributed by atoms with E-state index in [9.17, 15) is 14.7 Å². The third kappa shape index (κ3) is 4.35. The molecule has 3 rings (SSSR count). The highest BCUT2D eigenvalue weighted by molar-refractivity contribution is 6.35. The number of amides is 1. The van der Waals surface area contributed by atoms with Crippen LogP contribution in [0, 0.1) is 0 Å². The van der Waals surface area contributed by atoms with E-state index in [-0.39, 0.29) is 18.7 Å². The fourth-order valence-corrected chi connectivity index (χ4v) is 3.92. The minimum atomic E-state index is -1.01. The Bertz CT molecular complexity index is 888. The number of hydrogen-bond donors (Lipinski definition) is 4. The lowest BCUT2D eigenvalue weighted by atomic mass is 9.92. The van der Waals surface area contributed by atoms with Crippen LogP contribution in [0.4, 0.5) is 5.69 Å². The summed E-state index contributed by atoms with van der Waals surface area (Å²) in [4.78, 5) is 24.1. The summed E-state index contributed by atoms with van der Waals surface area (Å²) in [6, 6.07) is 9.24. The molecule has 0 aliphatic carbocycles. The first-order valence-corrected chi connectivity index (χ1v) is 9.19. The number of nitrogens with one attached hydrogen (secondary N) is 2. The number of rotatable bonds is 5. The molecule has 0 radical (unpaired) electrons. The van der Waals surface area contributed by atoms with Gasteiger partial charge in [0.15, 0.2) is 0 Å². The van der Waals surface area contributed by atoms with Gasteiger partial charge in [-0.3, -0.25) is 4.79 Å². The zero-order valence-corrected chi connectivity index (χ0v) is 15.8. The predicted octanol–water partition coefficient (Wildman–Crippen LogP) is 3.12. The Balaban J connectivity index is 1.85. The fourth-order valence-electron chi connectivity index (χ4n) is 3.30. The summed E-state index contributed by atoms with van der Waals surface area (Å²) in [5.41, 5.74) is 8.61. The van der Waals surface area contributed by atoms with Crippen LogP contribution in [0.15, 0.2) is 36.4 Å². The van der Waals surface area contributed by atoms with E-state index >= 15 is 0 Å². The number of benzene rings is 2. The molecule has 0 unspecified atom stereocenters. The lowest BCUT2D eigenvalue weighted by Crippen LogP contribution is -2.41. The Morgan fingerprint density at radius 2 is 1.93 bits per heavy atom. The van der Waals surface area contributed by atoms with Crippen molar-refractivity contribution in [3.05, 3.63) is 63.1 Å². The lowest BCUT2D eigenvalue weighted by molar-refractivity contribution is -0.138. The number of carbonyl (C=O) groups is 2. The molecule has 2 atom stereocenters. The molecule has 0 spiro atoms. The Morgan fingerprint density at radius 1 is 1.22 bits per heavy atom. The van der Waals surface area contributed by atoms with E-state index < -0.39 is 18.1 Å². The van der Waals surface area contributed by atoms with Crippen LogP contribution in [0.3, 0.4) is 0 Å². The number of fused-ring (bicyclic) bond motifs is 1. The van der Waals surface area contributed by atoms with Gasteiger partial charge in [0, 0.05) is 34.3 Å². The maximum Gasteiger partial charge on any atom is 0.326 e. The number of carboxylic acid groups (broad SMARTS) is 1. The molecule has 142 valence electrons. The number of hydrogen-bond acceptors (Lipinski definition) is 4. The second kappa shape index (κ2) is 8.17. The zero-order valence-electron chi connectivity index (χ0n) is 14.3. The minimum absolute atomic E-state index is 0.148. The van der Waals surface area contributed by atoms with Crippen molar-refractivity contribution < 1.29 is 14.7 Å². The van der Waals surface area contributed by atoms with Crippen LogP contribution in [0.5, 0.6) is 0 Å². The normalized spacial score (nSPS) is 18.3. The van der Waals surface area contributed by atoms with Gasteiger partial charge in [-0.2, -0.15) is 0 Å². The Kier molecular flexibility index (Phi) is 5.89. The van der Waals surface area contributed by atoms with E-state index in [1.807, 2.05) is 24.3 Å². The molecule has 1 aliphatic rings. The van der Waals surface area contributed by atoms with Crippen molar-refractivity contribution in [2.75, 3.05) is 5.32 Å². The molecular weight excluding hydrogens is 389 g/mol. The van der Waals surface area contributed by atoms with Crippen LogP contribution in [0.1, 0.15) is 29.2 Å². The molecule has 1 heterocycles. The van der Waals surface area contributed by atoms with E-state index in [4.69, 9.17) is 28.9 Å². The molecule has 2 aromatic carbocycles. The summed E-state index contributed by atoms with van der Waals surface area (Å²) in [7, 11) is 0. The van der Waals surface area contributed by atoms with Gasteiger partial charge in [0.05, 0.1) is 12.5 Å². The molecular formula is C19H19Cl2N3O3. The molecule has 2 aromatic rings. The van der Waals surface area contributed by atoms with E-state index in [1.54, 1.807) is 12.1 Å². The van der Waals surface area contributed by atoms with Gasteiger partial charge in [-0.1, -0.05) is 47.5 Å². The molecule has 8 heteroatoms. The van der Waals surface area contributed by atoms with Crippen molar-refractivity contribution in [3.63, 3.8) is 0 Å². The van der Waals surface area contributed by atoms with E-state index in [1.165, 1.54) is 0 Å². The van der Waals surface area contributed by atoms with Gasteiger partial charge >= 0.3 is 5.97 Å². The second-order valence-electron chi connectivity index (χ2n) is 6.39. The monoisotopic (exact) mass is 407 g/mol. The fraction of sp³-hybridized carbons (Fsp3) is 0.263. The Labute approximate surface area is 166 Å². The maximum absolute atomic E-state index is 12.6. The number of aliphatic carboxylic acids is 1. The third-order valence-electron chi connectivity index (χ3n) is 4.57. The maximum atomic E-state index is 12.6. The minimum Gasteiger partial charge on any atom is -0.480 e. The van der Waals surface area contributed by atoms with Crippen molar-refractivity contribution >= 4 is 40.8 Å². The Morgan fingerprint density at radius 3 is 2.59 bits per heavy atom. The first-order valence-electron chi connectivity index (χ1n) is 8.43. The van der Waals surface area contributed by atoms with E-state index in [0.29, 0.717) is 27.8 Å². The van der Waals surface area contributed by atoms with E-state index in [2.05, 4.69) is 10.6 Å². The summed E-state index contributed by atoms with van der Waals surface area (Å²) in [6.07, 6.45) is 0.323. The van der Waals surface area contributed by atoms with Crippen LogP contribution in [0.25, 0.3) is 0 Å². The average Bonchev–Trinajstić information content (AvgIpc) is 2.61. The third-order valence-corrected chi connectivity index (χ3v) is 5.10. The quantitative estimate of drug-likeness (QED) is 0.609. The highest BCUT2D eigenvalue weighted by atomic mass is 35.5. The highest BCUT2D eigenvalue weighted by Crippen LogP contribution is 2.39. The second-order valence-corrected chi connectivity index (χ2v) is 7.23. The topological polar surface area (TPSA) is 104 Å². The molecule has 1 amide bonds. The van der Waals surface area contributed by atoms with E-state index in [0.717, 1.165) is 11.1 Å². The largest absolute Gasteiger partial charge is 0.480 e. The highest BCUT2D eigenvalue weighted by Gasteiger charge is 2.33. The zero-order chi connectivity index (χ0) is 19.6. The molecule has 0 fully saturated rings. The Hall–Kier alpha value is -2.28. The van der Waals surface area contributed by atoms with Gasteiger partial charge in [-0.15, -0.1) is 0 Å². The van der Waals surface area contributed by atoms with Crippen molar-refractivity contribution in [2.45, 2.75) is 31.5 Å². The van der Waals surface area contributed by atoms with Gasteiger partial charge in [0.1, 0.15) is 6.04 Å². The van der Waals surface area contributed by atoms with Gasteiger partial charge in [-0.25, -0.2) is 4.79 Å². The first-order chi connectivity index (χ1) is 12.9. The standard InChI is InChI=1S/C19H19Cl2N3O3/c20-12-6-13(21)18-14(7-12)23-16(19(26)27)8-15(18)24-17(25)5-10-3-1-2-4-11(10)9-22/h1-4,6-7,15-16,23H,5,8-9,22H2,(H,24,25)(H,26,27)/t15-,16+/m0/s1. The van der Waals surface area contributed by atoms with Crippen molar-refractivity contribution in [3.8, 4) is 0 Å². The van der Waals surface area contributed by atoms with Crippen LogP contribution in [0.2, 0.25) is 10.0 Å². The van der Waals surface area contributed by atoms with Gasteiger partial charge in [0.25, 0.3) is 0 Å². The van der Waals surface area contributed by atoms with Crippen LogP contribution < -0.4 is 16.4 Å². The molecule has 27 heavy (non-hydrogen) atoms. The lowest BCUT2D eigenvalue weighted by Gasteiger charge is -2.32. The van der Waals surface area contributed by atoms with Crippen LogP contribution in [-0.2, 0) is 22.6 Å². The summed E-state index contributed by atoms with van der Waals surface area (Å²) in [5, 5.41) is 16.0. The number of carbonyl (C=O) groups excluding carboxylic acids is 1. The smallest absolute Gasteiger partial charge is 0.326 e. The number of carboxylic acids is 1. The number of anilines is 1. The molecule has 1 aliphatic heterocycles. The predicted molar refractivity (Wildman–Crippen MR) is 105 cm³/mol. The molecule has 0 bridgehead atoms. The average molecular weight is 408 g/mol. The number of nitrogens with two attached hydrogens (primary N) is 1. The molecule has 0 saturated carbocycles. The van der Waals surface area contributed by atoms with Crippen molar-refractivity contribution in [1.29, 1.82) is 0 Å². The number of halogens is 2. The van der Waals surface area contributed by atoms with Gasteiger partial charge < -0.3 is 21.5 Å². The van der Waals surface area contributed by atoms with Gasteiger partial charge in [-0.05, 0) is 23.3 Å². The van der Waals surface area contributed by atoms with Crippen LogP contribution >= 0.6 is 23.2 Å². The summed E-state index contributed by atoms with van der Waals surface area (Å²) in [5.74, 6) is -1.24. The summed E-state index contributed by atoms with van der Waals surface area (Å²) in [6.45, 7) is 0.338. The molecule has 6 nitrogen and oxygen atoms in total. The van der Waals surface area contributed by atoms with Crippen LogP contribution in [-0.4, -0.2) is 23.0 Å². The van der Waals surface area contributed by atoms with Gasteiger partial charge in [0.2, 0.25) is 5.91 Å². The summed E-state index contributed by atoms with van der Waals surface area (Å²) < 4.78 is 0. The van der Waals surface area contributed by atoms with Crippen molar-refractivity contribution in [1.82, 2.24) is 5.32 Å². The SMILES string of the molecule is NCc1ccccc1CC(=O)N[C@H]1C[C@H](C(=O)O)Nc2cc(Cl)cc(Cl)c21. The summed E-state index contributed by atoms with van der Waals surface area (Å²) >= 11 is 12.4. The molecule has 0 saturated heterocycles. The van der Waals surface area contributed by atoms with Crippen molar-refractivity contribution in [2.24, 2.45) is 5.73 Å². The molecule has 5 N–H and O–H groups in total. The first kappa shape index (κ1) is 19.5.